The van der Waals surface area contributed by atoms with Crippen LogP contribution in [0.1, 0.15) is 0 Å². The van der Waals surface area contributed by atoms with Gasteiger partial charge in [-0.05, 0) is 40.1 Å². The van der Waals surface area contributed by atoms with Crippen LogP contribution >= 0.6 is 7.14 Å². The molecule has 0 N–H and O–H groups in total. The van der Waals surface area contributed by atoms with Crippen LogP contribution in [0.15, 0.2) is 133 Å². The van der Waals surface area contributed by atoms with Crippen molar-refractivity contribution < 1.29 is 4.57 Å². The summed E-state index contributed by atoms with van der Waals surface area (Å²) in [4.78, 5) is 0. The average Bonchev–Trinajstić information content (AvgIpc) is 3.44. The Hall–Kier alpha value is -4.39. The van der Waals surface area contributed by atoms with Crippen molar-refractivity contribution in [2.45, 2.75) is 0 Å². The highest BCUT2D eigenvalue weighted by Crippen LogP contribution is 2.54. The molecule has 0 radical (unpaired) electrons. The summed E-state index contributed by atoms with van der Waals surface area (Å²) in [5.41, 5.74) is 5.38. The van der Waals surface area contributed by atoms with Crippen molar-refractivity contribution >= 4 is 55.6 Å². The van der Waals surface area contributed by atoms with E-state index >= 15 is 4.57 Å². The van der Waals surface area contributed by atoms with Gasteiger partial charge in [0.1, 0.15) is 0 Å². The third kappa shape index (κ3) is 2.74. The lowest BCUT2D eigenvalue weighted by Gasteiger charge is -2.18. The lowest BCUT2D eigenvalue weighted by Crippen LogP contribution is -2.22. The van der Waals surface area contributed by atoms with Gasteiger partial charge in [0.15, 0.2) is 7.14 Å². The van der Waals surface area contributed by atoms with E-state index in [0.29, 0.717) is 0 Å². The second kappa shape index (κ2) is 7.56. The van der Waals surface area contributed by atoms with E-state index in [1.165, 1.54) is 16.2 Å². The molecule has 1 aliphatic rings. The van der Waals surface area contributed by atoms with Gasteiger partial charge >= 0.3 is 0 Å². The van der Waals surface area contributed by atoms with E-state index in [-0.39, 0.29) is 0 Å². The van der Waals surface area contributed by atoms with Gasteiger partial charge in [-0.15, -0.1) is 0 Å². The van der Waals surface area contributed by atoms with Crippen LogP contribution in [0.2, 0.25) is 0 Å². The van der Waals surface area contributed by atoms with Gasteiger partial charge in [0.25, 0.3) is 0 Å². The fraction of sp³-hybridized carbons (Fsp3) is 0. The van der Waals surface area contributed by atoms with Gasteiger partial charge in [-0.1, -0.05) is 115 Å². The maximum atomic E-state index is 15.5. The van der Waals surface area contributed by atoms with Gasteiger partial charge in [0.2, 0.25) is 0 Å². The standard InChI is InChI=1S/C34H22NOP/c36-37(26-12-2-1-3-13-26)32-17-9-7-15-28(32)30-21-20-29-27-14-6-8-16-31(27)35(33(29)34(30)37)25-19-18-23-10-4-5-11-24(23)22-25/h1-22H. The first-order chi connectivity index (χ1) is 18.2. The van der Waals surface area contributed by atoms with Crippen molar-refractivity contribution in [3.05, 3.63) is 133 Å². The molecule has 0 bridgehead atoms. The number of hydrogen-bond acceptors (Lipinski definition) is 1. The Labute approximate surface area is 214 Å². The second-order valence-corrected chi connectivity index (χ2v) is 12.4. The molecule has 0 aliphatic carbocycles. The molecule has 0 fully saturated rings. The zero-order valence-corrected chi connectivity index (χ0v) is 20.9. The van der Waals surface area contributed by atoms with Gasteiger partial charge in [0.05, 0.1) is 16.3 Å². The number of benzene rings is 6. The minimum atomic E-state index is -3.12. The molecule has 1 atom stereocenters. The van der Waals surface area contributed by atoms with Gasteiger partial charge in [-0.2, -0.15) is 0 Å². The van der Waals surface area contributed by atoms with Gasteiger partial charge < -0.3 is 9.13 Å². The van der Waals surface area contributed by atoms with E-state index in [2.05, 4.69) is 95.6 Å². The van der Waals surface area contributed by atoms with Crippen molar-refractivity contribution in [3.63, 3.8) is 0 Å². The summed E-state index contributed by atoms with van der Waals surface area (Å²) >= 11 is 0. The third-order valence-electron chi connectivity index (χ3n) is 7.77. The molecule has 6 aromatic carbocycles. The molecule has 8 rings (SSSR count). The molecule has 0 saturated heterocycles. The Morgan fingerprint density at radius 3 is 2.16 bits per heavy atom. The van der Waals surface area contributed by atoms with Crippen molar-refractivity contribution in [3.8, 4) is 16.8 Å². The topological polar surface area (TPSA) is 22.0 Å². The minimum Gasteiger partial charge on any atom is -0.309 e. The van der Waals surface area contributed by atoms with Gasteiger partial charge in [-0.25, -0.2) is 0 Å². The molecule has 1 aromatic heterocycles. The highest BCUT2D eigenvalue weighted by atomic mass is 31.2. The molecule has 1 unspecified atom stereocenters. The van der Waals surface area contributed by atoms with Crippen molar-refractivity contribution in [2.24, 2.45) is 0 Å². The second-order valence-electron chi connectivity index (χ2n) is 9.70. The first-order valence-electron chi connectivity index (χ1n) is 12.6. The molecule has 0 saturated carbocycles. The van der Waals surface area contributed by atoms with Crippen molar-refractivity contribution in [1.29, 1.82) is 0 Å². The zero-order valence-electron chi connectivity index (χ0n) is 20.0. The highest BCUT2D eigenvalue weighted by molar-refractivity contribution is 7.86. The zero-order chi connectivity index (χ0) is 24.6. The highest BCUT2D eigenvalue weighted by Gasteiger charge is 2.42. The van der Waals surface area contributed by atoms with Gasteiger partial charge in [-0.3, -0.25) is 0 Å². The summed E-state index contributed by atoms with van der Waals surface area (Å²) in [5, 5.41) is 7.45. The number of nitrogens with zero attached hydrogens (tertiary/aromatic N) is 1. The molecule has 3 heteroatoms. The Balaban J connectivity index is 1.59. The maximum absolute atomic E-state index is 15.5. The van der Waals surface area contributed by atoms with Crippen LogP contribution < -0.4 is 15.9 Å². The summed E-state index contributed by atoms with van der Waals surface area (Å²) in [7, 11) is -3.12. The van der Waals surface area contributed by atoms with Crippen LogP contribution in [0.3, 0.4) is 0 Å². The number of fused-ring (bicyclic) bond motifs is 8. The van der Waals surface area contributed by atoms with Gasteiger partial charge in [0, 0.05) is 27.1 Å². The first-order valence-corrected chi connectivity index (χ1v) is 14.3. The predicted molar refractivity (Wildman–Crippen MR) is 157 cm³/mol. The Kier molecular flexibility index (Phi) is 4.24. The molecule has 37 heavy (non-hydrogen) atoms. The normalized spacial score (nSPS) is 16.3. The lowest BCUT2D eigenvalue weighted by molar-refractivity contribution is 0.593. The smallest absolute Gasteiger partial charge is 0.174 e. The van der Waals surface area contributed by atoms with Crippen LogP contribution in [-0.2, 0) is 4.57 Å². The number of rotatable bonds is 2. The van der Waals surface area contributed by atoms with Crippen LogP contribution in [0, 0.1) is 0 Å². The summed E-state index contributed by atoms with van der Waals surface area (Å²) in [5.74, 6) is 0. The maximum Gasteiger partial charge on any atom is 0.174 e. The minimum absolute atomic E-state index is 0.879. The molecule has 0 spiro atoms. The van der Waals surface area contributed by atoms with Crippen LogP contribution in [-0.4, -0.2) is 4.57 Å². The van der Waals surface area contributed by atoms with Crippen molar-refractivity contribution in [2.75, 3.05) is 0 Å². The monoisotopic (exact) mass is 491 g/mol. The summed E-state index contributed by atoms with van der Waals surface area (Å²) in [6.07, 6.45) is 0. The first kappa shape index (κ1) is 20.8. The molecular formula is C34H22NOP. The Morgan fingerprint density at radius 1 is 0.541 bits per heavy atom. The van der Waals surface area contributed by atoms with E-state index in [1.807, 2.05) is 42.5 Å². The van der Waals surface area contributed by atoms with E-state index in [9.17, 15) is 0 Å². The summed E-state index contributed by atoms with van der Waals surface area (Å²) in [6.45, 7) is 0. The average molecular weight is 492 g/mol. The van der Waals surface area contributed by atoms with Crippen molar-refractivity contribution in [1.82, 2.24) is 4.57 Å². The van der Waals surface area contributed by atoms with Crippen LogP contribution in [0.5, 0.6) is 0 Å². The predicted octanol–water partition coefficient (Wildman–Crippen LogP) is 7.56. The van der Waals surface area contributed by atoms with E-state index < -0.39 is 7.14 Å². The van der Waals surface area contributed by atoms with E-state index in [0.717, 1.165) is 49.1 Å². The fourth-order valence-corrected chi connectivity index (χ4v) is 9.42. The van der Waals surface area contributed by atoms with E-state index in [4.69, 9.17) is 0 Å². The lowest BCUT2D eigenvalue weighted by atomic mass is 10.0. The third-order valence-corrected chi connectivity index (χ3v) is 10.9. The largest absolute Gasteiger partial charge is 0.309 e. The Morgan fingerprint density at radius 2 is 1.27 bits per heavy atom. The molecular weight excluding hydrogens is 469 g/mol. The Bertz CT molecular complexity index is 2070. The SMILES string of the molecule is O=P1(c2ccccc2)c2ccccc2-c2ccc3c4ccccc4n(-c4ccc5ccccc5c4)c3c21. The summed E-state index contributed by atoms with van der Waals surface area (Å²) < 4.78 is 17.9. The number of hydrogen-bond donors (Lipinski definition) is 0. The molecule has 7 aromatic rings. The quantitative estimate of drug-likeness (QED) is 0.229. The van der Waals surface area contributed by atoms with Crippen LogP contribution in [0.4, 0.5) is 0 Å². The molecule has 2 nitrogen and oxygen atoms in total. The molecule has 2 heterocycles. The molecule has 174 valence electrons. The number of aromatic nitrogens is 1. The number of para-hydroxylation sites is 1. The van der Waals surface area contributed by atoms with Crippen LogP contribution in [0.25, 0.3) is 49.4 Å². The van der Waals surface area contributed by atoms with E-state index in [1.54, 1.807) is 0 Å². The fourth-order valence-electron chi connectivity index (χ4n) is 6.16. The molecule has 0 amide bonds. The summed E-state index contributed by atoms with van der Waals surface area (Å²) in [6, 6.07) is 46.2. The molecule has 1 aliphatic heterocycles.